The van der Waals surface area contributed by atoms with Gasteiger partial charge in [0.15, 0.2) is 5.75 Å². The quantitative estimate of drug-likeness (QED) is 0.901. The van der Waals surface area contributed by atoms with Gasteiger partial charge in [-0.3, -0.25) is 9.69 Å². The Kier molecular flexibility index (Phi) is 5.16. The predicted molar refractivity (Wildman–Crippen MR) is 96.5 cm³/mol. The highest BCUT2D eigenvalue weighted by Gasteiger charge is 2.21. The van der Waals surface area contributed by atoms with Crippen LogP contribution in [0, 0.1) is 12.8 Å². The molecule has 1 aliphatic rings. The van der Waals surface area contributed by atoms with Crippen LogP contribution in [0.4, 0.5) is 5.69 Å². The van der Waals surface area contributed by atoms with Crippen LogP contribution < -0.4 is 10.1 Å². The Morgan fingerprint density at radius 3 is 2.67 bits per heavy atom. The van der Waals surface area contributed by atoms with E-state index in [0.29, 0.717) is 23.9 Å². The fourth-order valence-electron chi connectivity index (χ4n) is 2.95. The van der Waals surface area contributed by atoms with Gasteiger partial charge in [-0.25, -0.2) is 0 Å². The molecule has 1 amide bonds. The number of hydrogen-bond acceptors (Lipinski definition) is 3. The first-order chi connectivity index (χ1) is 11.6. The Morgan fingerprint density at radius 1 is 1.21 bits per heavy atom. The van der Waals surface area contributed by atoms with Gasteiger partial charge in [-0.15, -0.1) is 0 Å². The zero-order chi connectivity index (χ0) is 16.9. The number of aryl methyl sites for hydroxylation is 1. The summed E-state index contributed by atoms with van der Waals surface area (Å²) in [6, 6.07) is 15.4. The lowest BCUT2D eigenvalue weighted by Gasteiger charge is -2.16. The van der Waals surface area contributed by atoms with Crippen LogP contribution in [0.15, 0.2) is 48.5 Å². The second kappa shape index (κ2) is 7.49. The van der Waals surface area contributed by atoms with E-state index >= 15 is 0 Å². The van der Waals surface area contributed by atoms with E-state index in [9.17, 15) is 4.79 Å². The van der Waals surface area contributed by atoms with Gasteiger partial charge in [0.05, 0.1) is 12.2 Å². The highest BCUT2D eigenvalue weighted by atomic mass is 16.5. The number of anilines is 1. The second-order valence-corrected chi connectivity index (χ2v) is 6.59. The number of carbonyl (C=O) groups is 1. The minimum atomic E-state index is 0.00376. The number of para-hydroxylation sites is 2. The average molecular weight is 324 g/mol. The standard InChI is InChI=1S/C20H24N2O2/c1-15-7-9-17(10-8-15)24-19-6-4-3-5-18(19)21-20(23)14-22-12-11-16(2)13-22/h3-10,16H,11-14H2,1-2H3,(H,21,23). The van der Waals surface area contributed by atoms with Crippen molar-refractivity contribution in [3.63, 3.8) is 0 Å². The van der Waals surface area contributed by atoms with Gasteiger partial charge in [-0.1, -0.05) is 36.8 Å². The molecule has 0 aliphatic carbocycles. The molecule has 2 aromatic rings. The van der Waals surface area contributed by atoms with E-state index in [1.165, 1.54) is 12.0 Å². The summed E-state index contributed by atoms with van der Waals surface area (Å²) in [5, 5.41) is 2.98. The zero-order valence-corrected chi connectivity index (χ0v) is 14.3. The summed E-state index contributed by atoms with van der Waals surface area (Å²) in [5.74, 6) is 2.10. The molecule has 1 saturated heterocycles. The lowest BCUT2D eigenvalue weighted by molar-refractivity contribution is -0.117. The molecular formula is C20H24N2O2. The molecular weight excluding hydrogens is 300 g/mol. The van der Waals surface area contributed by atoms with Gasteiger partial charge < -0.3 is 10.1 Å². The van der Waals surface area contributed by atoms with Crippen LogP contribution in [0.2, 0.25) is 0 Å². The third-order valence-electron chi connectivity index (χ3n) is 4.29. The summed E-state index contributed by atoms with van der Waals surface area (Å²) in [4.78, 5) is 14.5. The van der Waals surface area contributed by atoms with Crippen molar-refractivity contribution in [3.8, 4) is 11.5 Å². The van der Waals surface area contributed by atoms with Crippen LogP contribution in [-0.2, 0) is 4.79 Å². The van der Waals surface area contributed by atoms with E-state index in [2.05, 4.69) is 17.1 Å². The molecule has 2 aromatic carbocycles. The second-order valence-electron chi connectivity index (χ2n) is 6.59. The largest absolute Gasteiger partial charge is 0.455 e. The number of amides is 1. The molecule has 1 fully saturated rings. The summed E-state index contributed by atoms with van der Waals surface area (Å²) in [6.45, 7) is 6.69. The maximum Gasteiger partial charge on any atom is 0.238 e. The van der Waals surface area contributed by atoms with Crippen molar-refractivity contribution in [2.24, 2.45) is 5.92 Å². The maximum absolute atomic E-state index is 12.3. The number of likely N-dealkylation sites (tertiary alicyclic amines) is 1. The molecule has 0 saturated carbocycles. The molecule has 24 heavy (non-hydrogen) atoms. The van der Waals surface area contributed by atoms with Gasteiger partial charge >= 0.3 is 0 Å². The molecule has 1 aliphatic heterocycles. The van der Waals surface area contributed by atoms with Gasteiger partial charge in [0.2, 0.25) is 5.91 Å². The molecule has 1 heterocycles. The van der Waals surface area contributed by atoms with Crippen molar-refractivity contribution in [1.82, 2.24) is 4.90 Å². The molecule has 0 aromatic heterocycles. The van der Waals surface area contributed by atoms with Crippen molar-refractivity contribution in [2.75, 3.05) is 25.0 Å². The number of hydrogen-bond donors (Lipinski definition) is 1. The van der Waals surface area contributed by atoms with Crippen molar-refractivity contribution < 1.29 is 9.53 Å². The Balaban J connectivity index is 1.65. The van der Waals surface area contributed by atoms with Crippen molar-refractivity contribution in [1.29, 1.82) is 0 Å². The molecule has 0 bridgehead atoms. The lowest BCUT2D eigenvalue weighted by Crippen LogP contribution is -2.31. The lowest BCUT2D eigenvalue weighted by atomic mass is 10.2. The van der Waals surface area contributed by atoms with E-state index in [-0.39, 0.29) is 5.91 Å². The van der Waals surface area contributed by atoms with Crippen LogP contribution >= 0.6 is 0 Å². The van der Waals surface area contributed by atoms with Crippen LogP contribution in [0.3, 0.4) is 0 Å². The number of rotatable bonds is 5. The normalized spacial score (nSPS) is 17.7. The first-order valence-corrected chi connectivity index (χ1v) is 8.46. The highest BCUT2D eigenvalue weighted by molar-refractivity contribution is 5.93. The smallest absolute Gasteiger partial charge is 0.238 e. The third kappa shape index (κ3) is 4.36. The first-order valence-electron chi connectivity index (χ1n) is 8.46. The zero-order valence-electron chi connectivity index (χ0n) is 14.3. The molecule has 0 spiro atoms. The van der Waals surface area contributed by atoms with Gasteiger partial charge in [0.25, 0.3) is 0 Å². The molecule has 126 valence electrons. The number of carbonyl (C=O) groups excluding carboxylic acids is 1. The number of nitrogens with zero attached hydrogens (tertiary/aromatic N) is 1. The van der Waals surface area contributed by atoms with Gasteiger partial charge in [-0.05, 0) is 50.1 Å². The van der Waals surface area contributed by atoms with Gasteiger partial charge in [0.1, 0.15) is 5.75 Å². The average Bonchev–Trinajstić information content (AvgIpc) is 2.96. The van der Waals surface area contributed by atoms with Crippen molar-refractivity contribution in [3.05, 3.63) is 54.1 Å². The Hall–Kier alpha value is -2.33. The summed E-state index contributed by atoms with van der Waals surface area (Å²) in [5.41, 5.74) is 1.89. The SMILES string of the molecule is Cc1ccc(Oc2ccccc2NC(=O)CN2CCC(C)C2)cc1. The minimum absolute atomic E-state index is 0.00376. The van der Waals surface area contributed by atoms with Crippen LogP contribution in [0.1, 0.15) is 18.9 Å². The third-order valence-corrected chi connectivity index (χ3v) is 4.29. The van der Waals surface area contributed by atoms with E-state index in [0.717, 1.165) is 18.8 Å². The fraction of sp³-hybridized carbons (Fsp3) is 0.350. The molecule has 3 rings (SSSR count). The van der Waals surface area contributed by atoms with Crippen LogP contribution in [0.5, 0.6) is 11.5 Å². The molecule has 4 nitrogen and oxygen atoms in total. The molecule has 1 unspecified atom stereocenters. The minimum Gasteiger partial charge on any atom is -0.455 e. The van der Waals surface area contributed by atoms with E-state index in [1.807, 2.05) is 55.5 Å². The summed E-state index contributed by atoms with van der Waals surface area (Å²) < 4.78 is 5.92. The van der Waals surface area contributed by atoms with Crippen molar-refractivity contribution in [2.45, 2.75) is 20.3 Å². The van der Waals surface area contributed by atoms with Crippen LogP contribution in [-0.4, -0.2) is 30.4 Å². The maximum atomic E-state index is 12.3. The van der Waals surface area contributed by atoms with Gasteiger partial charge in [0, 0.05) is 6.54 Å². The Bertz CT molecular complexity index is 697. The topological polar surface area (TPSA) is 41.6 Å². The molecule has 1 atom stereocenters. The van der Waals surface area contributed by atoms with Gasteiger partial charge in [-0.2, -0.15) is 0 Å². The molecule has 0 radical (unpaired) electrons. The number of nitrogens with one attached hydrogen (secondary N) is 1. The Labute approximate surface area is 143 Å². The predicted octanol–water partition coefficient (Wildman–Crippen LogP) is 4.07. The summed E-state index contributed by atoms with van der Waals surface area (Å²) in [6.07, 6.45) is 1.17. The van der Waals surface area contributed by atoms with E-state index < -0.39 is 0 Å². The number of benzene rings is 2. The summed E-state index contributed by atoms with van der Waals surface area (Å²) in [7, 11) is 0. The summed E-state index contributed by atoms with van der Waals surface area (Å²) >= 11 is 0. The fourth-order valence-corrected chi connectivity index (χ4v) is 2.95. The molecule has 1 N–H and O–H groups in total. The first kappa shape index (κ1) is 16.5. The Morgan fingerprint density at radius 2 is 1.96 bits per heavy atom. The monoisotopic (exact) mass is 324 g/mol. The van der Waals surface area contributed by atoms with Crippen LogP contribution in [0.25, 0.3) is 0 Å². The molecule has 4 heteroatoms. The highest BCUT2D eigenvalue weighted by Crippen LogP contribution is 2.29. The number of ether oxygens (including phenoxy) is 1. The van der Waals surface area contributed by atoms with Crippen molar-refractivity contribution >= 4 is 11.6 Å². The van der Waals surface area contributed by atoms with E-state index in [4.69, 9.17) is 4.74 Å². The van der Waals surface area contributed by atoms with E-state index in [1.54, 1.807) is 0 Å².